The molecule has 2 heterocycles. The fraction of sp³-hybridized carbons (Fsp3) is 0.125. The van der Waals surface area contributed by atoms with Gasteiger partial charge < -0.3 is 14.7 Å². The van der Waals surface area contributed by atoms with E-state index < -0.39 is 17.7 Å². The van der Waals surface area contributed by atoms with Gasteiger partial charge in [-0.15, -0.1) is 0 Å². The molecule has 1 aromatic heterocycles. The number of likely N-dealkylation sites (tertiary alicyclic amines) is 1. The summed E-state index contributed by atoms with van der Waals surface area (Å²) in [5.74, 6) is -1.37. The molecule has 1 atom stereocenters. The maximum atomic E-state index is 13.1. The number of aliphatic hydroxyl groups is 1. The lowest BCUT2D eigenvalue weighted by atomic mass is 9.95. The lowest BCUT2D eigenvalue weighted by molar-refractivity contribution is -0.140. The molecule has 7 heteroatoms. The van der Waals surface area contributed by atoms with Crippen molar-refractivity contribution in [2.45, 2.75) is 12.6 Å². The van der Waals surface area contributed by atoms with Gasteiger partial charge in [0.25, 0.3) is 11.7 Å². The first kappa shape index (κ1) is 20.6. The SMILES string of the molecule is COc1ccccc1/C(O)=C1/C(=O)C(=O)N(Cc2ccccn2)C1c1ccc(Cl)cc1. The van der Waals surface area contributed by atoms with Gasteiger partial charge in [-0.05, 0) is 42.0 Å². The van der Waals surface area contributed by atoms with Crippen LogP contribution in [0.2, 0.25) is 5.02 Å². The van der Waals surface area contributed by atoms with E-state index >= 15 is 0 Å². The second kappa shape index (κ2) is 8.62. The number of hydrogen-bond acceptors (Lipinski definition) is 5. The number of rotatable bonds is 5. The summed E-state index contributed by atoms with van der Waals surface area (Å²) in [6, 6.07) is 18.2. The number of ketones is 1. The Morgan fingerprint density at radius 2 is 1.77 bits per heavy atom. The number of halogens is 1. The number of benzene rings is 2. The summed E-state index contributed by atoms with van der Waals surface area (Å²) in [5, 5.41) is 11.7. The third-order valence-corrected chi connectivity index (χ3v) is 5.40. The van der Waals surface area contributed by atoms with Gasteiger partial charge >= 0.3 is 0 Å². The zero-order valence-corrected chi connectivity index (χ0v) is 17.4. The first-order valence-electron chi connectivity index (χ1n) is 9.58. The molecule has 156 valence electrons. The lowest BCUT2D eigenvalue weighted by Crippen LogP contribution is -2.29. The molecule has 0 spiro atoms. The minimum absolute atomic E-state index is 0.00671. The topological polar surface area (TPSA) is 79.7 Å². The van der Waals surface area contributed by atoms with E-state index in [0.717, 1.165) is 0 Å². The fourth-order valence-electron chi connectivity index (χ4n) is 3.69. The van der Waals surface area contributed by atoms with Gasteiger partial charge in [0.15, 0.2) is 0 Å². The van der Waals surface area contributed by atoms with Crippen molar-refractivity contribution in [3.63, 3.8) is 0 Å². The normalized spacial score (nSPS) is 17.7. The van der Waals surface area contributed by atoms with Crippen molar-refractivity contribution in [1.82, 2.24) is 9.88 Å². The molecule has 0 aliphatic carbocycles. The van der Waals surface area contributed by atoms with Crippen LogP contribution in [0.15, 0.2) is 78.5 Å². The summed E-state index contributed by atoms with van der Waals surface area (Å²) >= 11 is 6.04. The number of ether oxygens (including phenoxy) is 1. The molecule has 31 heavy (non-hydrogen) atoms. The van der Waals surface area contributed by atoms with Crippen molar-refractivity contribution in [3.05, 3.63) is 100 Å². The number of carbonyl (C=O) groups excluding carboxylic acids is 2. The van der Waals surface area contributed by atoms with Crippen molar-refractivity contribution < 1.29 is 19.4 Å². The molecule has 1 N–H and O–H groups in total. The number of pyridine rings is 1. The van der Waals surface area contributed by atoms with Crippen LogP contribution in [-0.4, -0.2) is 33.8 Å². The van der Waals surface area contributed by atoms with Crippen molar-refractivity contribution in [1.29, 1.82) is 0 Å². The van der Waals surface area contributed by atoms with E-state index in [1.807, 2.05) is 6.07 Å². The highest BCUT2D eigenvalue weighted by molar-refractivity contribution is 6.46. The Hall–Kier alpha value is -3.64. The van der Waals surface area contributed by atoms with Crippen LogP contribution in [0, 0.1) is 0 Å². The third kappa shape index (κ3) is 3.90. The summed E-state index contributed by atoms with van der Waals surface area (Å²) in [5.41, 5.74) is 1.60. The van der Waals surface area contributed by atoms with Crippen LogP contribution in [-0.2, 0) is 16.1 Å². The van der Waals surface area contributed by atoms with E-state index in [-0.39, 0.29) is 17.9 Å². The summed E-state index contributed by atoms with van der Waals surface area (Å²) in [4.78, 5) is 31.8. The molecule has 1 unspecified atom stereocenters. The highest BCUT2D eigenvalue weighted by Crippen LogP contribution is 2.41. The standard InChI is InChI=1S/C24H19ClN2O4/c1-31-19-8-3-2-7-18(19)22(28)20-21(15-9-11-16(25)12-10-15)27(24(30)23(20)29)14-17-6-4-5-13-26-17/h2-13,21,28H,14H2,1H3/b22-20-. The Morgan fingerprint density at radius 1 is 1.06 bits per heavy atom. The van der Waals surface area contributed by atoms with Crippen LogP contribution in [0.3, 0.4) is 0 Å². The number of carbonyl (C=O) groups is 2. The predicted octanol–water partition coefficient (Wildman–Crippen LogP) is 4.37. The van der Waals surface area contributed by atoms with Crippen molar-refractivity contribution in [2.24, 2.45) is 0 Å². The number of methoxy groups -OCH3 is 1. The molecule has 1 saturated heterocycles. The molecule has 6 nitrogen and oxygen atoms in total. The molecule has 1 fully saturated rings. The molecule has 0 bridgehead atoms. The Labute approximate surface area is 184 Å². The lowest BCUT2D eigenvalue weighted by Gasteiger charge is -2.25. The zero-order chi connectivity index (χ0) is 22.0. The number of para-hydroxylation sites is 1. The van der Waals surface area contributed by atoms with E-state index in [4.69, 9.17) is 16.3 Å². The van der Waals surface area contributed by atoms with Crippen molar-refractivity contribution in [2.75, 3.05) is 7.11 Å². The van der Waals surface area contributed by atoms with Crippen LogP contribution in [0.4, 0.5) is 0 Å². The van der Waals surface area contributed by atoms with Crippen LogP contribution in [0.25, 0.3) is 5.76 Å². The van der Waals surface area contributed by atoms with Gasteiger partial charge in [0.2, 0.25) is 0 Å². The summed E-state index contributed by atoms with van der Waals surface area (Å²) in [6.07, 6.45) is 1.62. The maximum Gasteiger partial charge on any atom is 0.296 e. The third-order valence-electron chi connectivity index (χ3n) is 5.15. The van der Waals surface area contributed by atoms with Gasteiger partial charge in [0.05, 0.1) is 36.5 Å². The van der Waals surface area contributed by atoms with Gasteiger partial charge in [-0.2, -0.15) is 0 Å². The number of aliphatic hydroxyl groups excluding tert-OH is 1. The van der Waals surface area contributed by atoms with Gasteiger partial charge in [0.1, 0.15) is 11.5 Å². The summed E-state index contributed by atoms with van der Waals surface area (Å²) in [7, 11) is 1.47. The van der Waals surface area contributed by atoms with Gasteiger partial charge in [-0.3, -0.25) is 14.6 Å². The molecule has 1 aliphatic rings. The number of Topliss-reactive ketones (excluding diaryl/α,β-unsaturated/α-hetero) is 1. The molecular weight excluding hydrogens is 416 g/mol. The molecule has 1 amide bonds. The van der Waals surface area contributed by atoms with E-state index in [1.54, 1.807) is 66.9 Å². The van der Waals surface area contributed by atoms with Crippen LogP contribution >= 0.6 is 11.6 Å². The van der Waals surface area contributed by atoms with Gasteiger partial charge in [-0.1, -0.05) is 41.9 Å². The molecule has 1 aliphatic heterocycles. The minimum atomic E-state index is -0.802. The van der Waals surface area contributed by atoms with Crippen molar-refractivity contribution in [3.8, 4) is 5.75 Å². The second-order valence-electron chi connectivity index (χ2n) is 7.00. The molecule has 0 saturated carbocycles. The van der Waals surface area contributed by atoms with Crippen LogP contribution < -0.4 is 4.74 Å². The largest absolute Gasteiger partial charge is 0.507 e. The van der Waals surface area contributed by atoms with E-state index in [9.17, 15) is 14.7 Å². The van der Waals surface area contributed by atoms with Gasteiger partial charge in [-0.25, -0.2) is 0 Å². The summed E-state index contributed by atoms with van der Waals surface area (Å²) in [6.45, 7) is 0.113. The number of amides is 1. The van der Waals surface area contributed by atoms with E-state index in [2.05, 4.69) is 4.98 Å². The number of aromatic nitrogens is 1. The minimum Gasteiger partial charge on any atom is -0.507 e. The highest BCUT2D eigenvalue weighted by Gasteiger charge is 2.46. The van der Waals surface area contributed by atoms with Crippen LogP contribution in [0.1, 0.15) is 22.9 Å². The number of hydrogen-bond donors (Lipinski definition) is 1. The fourth-order valence-corrected chi connectivity index (χ4v) is 3.81. The Balaban J connectivity index is 1.89. The first-order chi connectivity index (χ1) is 15.0. The maximum absolute atomic E-state index is 13.1. The quantitative estimate of drug-likeness (QED) is 0.366. The average molecular weight is 435 g/mol. The predicted molar refractivity (Wildman–Crippen MR) is 117 cm³/mol. The Kier molecular flexibility index (Phi) is 5.73. The first-order valence-corrected chi connectivity index (χ1v) is 9.96. The highest BCUT2D eigenvalue weighted by atomic mass is 35.5. The molecule has 0 radical (unpaired) electrons. The van der Waals surface area contributed by atoms with E-state index in [1.165, 1.54) is 12.0 Å². The van der Waals surface area contributed by atoms with E-state index in [0.29, 0.717) is 27.6 Å². The Bertz CT molecular complexity index is 1160. The molecular formula is C24H19ClN2O4. The second-order valence-corrected chi connectivity index (χ2v) is 7.44. The monoisotopic (exact) mass is 434 g/mol. The van der Waals surface area contributed by atoms with Gasteiger partial charge in [0, 0.05) is 11.2 Å². The van der Waals surface area contributed by atoms with Crippen LogP contribution in [0.5, 0.6) is 5.75 Å². The van der Waals surface area contributed by atoms with Crippen molar-refractivity contribution >= 4 is 29.1 Å². The number of nitrogens with zero attached hydrogens (tertiary/aromatic N) is 2. The zero-order valence-electron chi connectivity index (χ0n) is 16.7. The smallest absolute Gasteiger partial charge is 0.296 e. The summed E-state index contributed by atoms with van der Waals surface area (Å²) < 4.78 is 5.34. The molecule has 4 rings (SSSR count). The molecule has 3 aromatic rings. The molecule has 2 aromatic carbocycles. The average Bonchev–Trinajstić information content (AvgIpc) is 3.04. The Morgan fingerprint density at radius 3 is 2.45 bits per heavy atom.